The molecule has 1 unspecified atom stereocenters. The molecule has 2 aliphatic rings. The smallest absolute Gasteiger partial charge is 0.199 e. The molecule has 2 fully saturated rings. The zero-order chi connectivity index (χ0) is 23.6. The summed E-state index contributed by atoms with van der Waals surface area (Å²) in [4.78, 5) is 2.26. The molecule has 1 saturated heterocycles. The van der Waals surface area contributed by atoms with Gasteiger partial charge in [0, 0.05) is 24.2 Å². The molecule has 0 spiro atoms. The molecule has 182 valence electrons. The van der Waals surface area contributed by atoms with Crippen molar-refractivity contribution in [2.45, 2.75) is 71.1 Å². The van der Waals surface area contributed by atoms with Crippen LogP contribution in [0.25, 0.3) is 11.4 Å². The van der Waals surface area contributed by atoms with Crippen LogP contribution in [0.1, 0.15) is 58.4 Å². The van der Waals surface area contributed by atoms with Crippen LogP contribution in [0.5, 0.6) is 5.75 Å². The van der Waals surface area contributed by atoms with Crippen molar-refractivity contribution in [2.24, 2.45) is 5.92 Å². The number of benzene rings is 1. The second-order valence-corrected chi connectivity index (χ2v) is 12.5. The van der Waals surface area contributed by atoms with E-state index < -0.39 is 9.84 Å². The highest BCUT2D eigenvalue weighted by Gasteiger charge is 2.33. The maximum atomic E-state index is 12.2. The quantitative estimate of drug-likeness (QED) is 0.498. The van der Waals surface area contributed by atoms with Gasteiger partial charge in [-0.05, 0) is 61.7 Å². The fourth-order valence-corrected chi connectivity index (χ4v) is 7.24. The minimum absolute atomic E-state index is 0.0172. The summed E-state index contributed by atoms with van der Waals surface area (Å²) in [5, 5.41) is 5.01. The van der Waals surface area contributed by atoms with Gasteiger partial charge in [0.25, 0.3) is 0 Å². The summed E-state index contributed by atoms with van der Waals surface area (Å²) in [6.45, 7) is 5.66. The maximum absolute atomic E-state index is 12.2. The van der Waals surface area contributed by atoms with Gasteiger partial charge in [0.2, 0.25) is 0 Å². The number of hydrogen-bond donors (Lipinski definition) is 0. The summed E-state index contributed by atoms with van der Waals surface area (Å²) >= 11 is 5.99. The molecule has 1 saturated carbocycles. The Morgan fingerprint density at radius 2 is 1.85 bits per heavy atom. The van der Waals surface area contributed by atoms with Crippen molar-refractivity contribution < 1.29 is 13.2 Å². The summed E-state index contributed by atoms with van der Waals surface area (Å²) in [5.41, 5.74) is 1.02. The van der Waals surface area contributed by atoms with Crippen LogP contribution < -0.4 is 4.74 Å². The van der Waals surface area contributed by atoms with E-state index in [9.17, 15) is 8.42 Å². The van der Waals surface area contributed by atoms with Gasteiger partial charge in [-0.1, -0.05) is 33.1 Å². The first kappa shape index (κ1) is 24.4. The molecule has 1 aromatic heterocycles. The summed E-state index contributed by atoms with van der Waals surface area (Å²) in [6, 6.07) is 8.35. The van der Waals surface area contributed by atoms with E-state index in [2.05, 4.69) is 23.3 Å². The van der Waals surface area contributed by atoms with E-state index in [-0.39, 0.29) is 17.5 Å². The van der Waals surface area contributed by atoms with Crippen LogP contribution in [0, 0.1) is 10.7 Å². The van der Waals surface area contributed by atoms with Gasteiger partial charge in [-0.15, -0.1) is 0 Å². The SMILES string of the molecule is COc1ccc(-c2nn(CN(CC(C)C)C3CCS(=O)(=O)C3)c(=S)n2C2CCCCC2)cc1. The van der Waals surface area contributed by atoms with E-state index in [0.29, 0.717) is 25.0 Å². The van der Waals surface area contributed by atoms with Gasteiger partial charge < -0.3 is 4.74 Å². The van der Waals surface area contributed by atoms with Crippen LogP contribution in [0.3, 0.4) is 0 Å². The second kappa shape index (κ2) is 10.3. The molecule has 9 heteroatoms. The monoisotopic (exact) mass is 492 g/mol. The fourth-order valence-electron chi connectivity index (χ4n) is 5.14. The molecule has 2 heterocycles. The van der Waals surface area contributed by atoms with Crippen LogP contribution in [-0.2, 0) is 16.5 Å². The summed E-state index contributed by atoms with van der Waals surface area (Å²) in [5.74, 6) is 2.61. The number of aromatic nitrogens is 3. The lowest BCUT2D eigenvalue weighted by Crippen LogP contribution is -2.40. The van der Waals surface area contributed by atoms with E-state index in [0.717, 1.165) is 41.3 Å². The van der Waals surface area contributed by atoms with Gasteiger partial charge in [-0.2, -0.15) is 5.10 Å². The number of ether oxygens (including phenoxy) is 1. The predicted octanol–water partition coefficient (Wildman–Crippen LogP) is 4.70. The number of nitrogens with zero attached hydrogens (tertiary/aromatic N) is 4. The van der Waals surface area contributed by atoms with Crippen molar-refractivity contribution in [1.82, 2.24) is 19.2 Å². The van der Waals surface area contributed by atoms with E-state index in [1.807, 2.05) is 28.9 Å². The summed E-state index contributed by atoms with van der Waals surface area (Å²) in [6.07, 6.45) is 6.59. The zero-order valence-corrected chi connectivity index (χ0v) is 21.6. The zero-order valence-electron chi connectivity index (χ0n) is 19.9. The van der Waals surface area contributed by atoms with E-state index in [1.165, 1.54) is 19.3 Å². The van der Waals surface area contributed by atoms with Crippen molar-refractivity contribution in [2.75, 3.05) is 25.2 Å². The molecular weight excluding hydrogens is 456 g/mol. The minimum Gasteiger partial charge on any atom is -0.497 e. The lowest BCUT2D eigenvalue weighted by molar-refractivity contribution is 0.137. The highest BCUT2D eigenvalue weighted by molar-refractivity contribution is 7.91. The Hall–Kier alpha value is -1.71. The van der Waals surface area contributed by atoms with Crippen LogP contribution in [0.2, 0.25) is 0 Å². The molecule has 4 rings (SSSR count). The Balaban J connectivity index is 1.71. The van der Waals surface area contributed by atoms with Gasteiger partial charge in [0.15, 0.2) is 20.4 Å². The van der Waals surface area contributed by atoms with Crippen LogP contribution in [0.4, 0.5) is 0 Å². The summed E-state index contributed by atoms with van der Waals surface area (Å²) in [7, 11) is -1.30. The molecule has 1 aliphatic heterocycles. The molecule has 2 aromatic rings. The van der Waals surface area contributed by atoms with Crippen molar-refractivity contribution in [3.63, 3.8) is 0 Å². The minimum atomic E-state index is -2.96. The molecule has 0 N–H and O–H groups in total. The number of rotatable bonds is 8. The van der Waals surface area contributed by atoms with Crippen molar-refractivity contribution >= 4 is 22.1 Å². The molecule has 1 atom stereocenters. The third kappa shape index (κ3) is 5.69. The van der Waals surface area contributed by atoms with Crippen LogP contribution in [-0.4, -0.2) is 58.9 Å². The normalized spacial score (nSPS) is 21.2. The van der Waals surface area contributed by atoms with Gasteiger partial charge in [0.05, 0.1) is 25.3 Å². The van der Waals surface area contributed by atoms with Gasteiger partial charge in [-0.3, -0.25) is 9.47 Å². The summed E-state index contributed by atoms with van der Waals surface area (Å²) < 4.78 is 34.6. The van der Waals surface area contributed by atoms with Crippen LogP contribution >= 0.6 is 12.2 Å². The maximum Gasteiger partial charge on any atom is 0.199 e. The number of methoxy groups -OCH3 is 1. The van der Waals surface area contributed by atoms with E-state index >= 15 is 0 Å². The lowest BCUT2D eigenvalue weighted by Gasteiger charge is -2.29. The lowest BCUT2D eigenvalue weighted by atomic mass is 9.95. The van der Waals surface area contributed by atoms with Crippen molar-refractivity contribution in [3.05, 3.63) is 29.0 Å². The Bertz CT molecular complexity index is 1100. The van der Waals surface area contributed by atoms with Crippen molar-refractivity contribution in [3.8, 4) is 17.1 Å². The van der Waals surface area contributed by atoms with Gasteiger partial charge in [0.1, 0.15) is 5.75 Å². The first-order chi connectivity index (χ1) is 15.8. The van der Waals surface area contributed by atoms with E-state index in [4.69, 9.17) is 22.1 Å². The molecule has 1 aliphatic carbocycles. The highest BCUT2D eigenvalue weighted by Crippen LogP contribution is 2.33. The molecular formula is C24H36N4O3S2. The van der Waals surface area contributed by atoms with Crippen molar-refractivity contribution in [1.29, 1.82) is 0 Å². The average molecular weight is 493 g/mol. The number of sulfone groups is 1. The van der Waals surface area contributed by atoms with Gasteiger partial charge in [-0.25, -0.2) is 13.1 Å². The van der Waals surface area contributed by atoms with E-state index in [1.54, 1.807) is 7.11 Å². The average Bonchev–Trinajstić information content (AvgIpc) is 3.32. The second-order valence-electron chi connectivity index (χ2n) is 9.86. The molecule has 33 heavy (non-hydrogen) atoms. The molecule has 0 amide bonds. The highest BCUT2D eigenvalue weighted by atomic mass is 32.2. The van der Waals surface area contributed by atoms with Gasteiger partial charge >= 0.3 is 0 Å². The largest absolute Gasteiger partial charge is 0.497 e. The fraction of sp³-hybridized carbons (Fsp3) is 0.667. The first-order valence-corrected chi connectivity index (χ1v) is 14.3. The standard InChI is InChI=1S/C24H36N4O3S2/c1-18(2)15-26(21-13-14-33(29,30)16-21)17-27-24(32)28(20-7-5-4-6-8-20)23(25-27)19-9-11-22(31-3)12-10-19/h9-12,18,20-21H,4-8,13-17H2,1-3H3. The first-order valence-electron chi connectivity index (χ1n) is 12.1. The predicted molar refractivity (Wildman–Crippen MR) is 134 cm³/mol. The topological polar surface area (TPSA) is 69.4 Å². The molecule has 7 nitrogen and oxygen atoms in total. The third-order valence-electron chi connectivity index (χ3n) is 6.80. The molecule has 0 radical (unpaired) electrons. The third-order valence-corrected chi connectivity index (χ3v) is 8.96. The Morgan fingerprint density at radius 1 is 1.15 bits per heavy atom. The Morgan fingerprint density at radius 3 is 2.42 bits per heavy atom. The molecule has 0 bridgehead atoms. The van der Waals surface area contributed by atoms with Crippen LogP contribution in [0.15, 0.2) is 24.3 Å². The molecule has 1 aromatic carbocycles. The Kier molecular flexibility index (Phi) is 7.60. The number of hydrogen-bond acceptors (Lipinski definition) is 6. The Labute approximate surface area is 202 Å².